The number of hydrogen-bond acceptors (Lipinski definition) is 4. The van der Waals surface area contributed by atoms with Crippen LogP contribution >= 0.6 is 39.1 Å². The molecular formula is C11H8BrCl2N3O2. The van der Waals surface area contributed by atoms with Crippen LogP contribution in [0.25, 0.3) is 5.69 Å². The Morgan fingerprint density at radius 2 is 2.11 bits per heavy atom. The first-order chi connectivity index (χ1) is 8.97. The summed E-state index contributed by atoms with van der Waals surface area (Å²) < 4.78 is 6.71. The molecule has 0 atom stereocenters. The van der Waals surface area contributed by atoms with Gasteiger partial charge in [0.05, 0.1) is 22.8 Å². The predicted molar refractivity (Wildman–Crippen MR) is 77.0 cm³/mol. The Morgan fingerprint density at radius 3 is 2.74 bits per heavy atom. The molecule has 0 saturated heterocycles. The molecule has 1 aromatic heterocycles. The van der Waals surface area contributed by atoms with Crippen LogP contribution in [0, 0.1) is 0 Å². The van der Waals surface area contributed by atoms with Crippen LogP contribution in [0.15, 0.2) is 22.9 Å². The number of imidazole rings is 1. The summed E-state index contributed by atoms with van der Waals surface area (Å²) in [6, 6.07) is 3.43. The van der Waals surface area contributed by atoms with Gasteiger partial charge in [-0.15, -0.1) is 0 Å². The second-order valence-electron chi connectivity index (χ2n) is 3.53. The molecule has 0 radical (unpaired) electrons. The van der Waals surface area contributed by atoms with Gasteiger partial charge >= 0.3 is 5.97 Å². The largest absolute Gasteiger partial charge is 0.464 e. The molecule has 0 amide bonds. The van der Waals surface area contributed by atoms with E-state index in [2.05, 4.69) is 25.7 Å². The number of methoxy groups -OCH3 is 1. The van der Waals surface area contributed by atoms with Gasteiger partial charge in [-0.1, -0.05) is 23.2 Å². The van der Waals surface area contributed by atoms with Gasteiger partial charge in [0.15, 0.2) is 5.69 Å². The molecule has 0 aliphatic heterocycles. The minimum absolute atomic E-state index is 0.0256. The number of carbonyl (C=O) groups is 1. The monoisotopic (exact) mass is 363 g/mol. The smallest absolute Gasteiger partial charge is 0.360 e. The highest BCUT2D eigenvalue weighted by Crippen LogP contribution is 2.35. The number of esters is 1. The topological polar surface area (TPSA) is 70.1 Å². The number of anilines is 1. The van der Waals surface area contributed by atoms with Crippen molar-refractivity contribution in [1.82, 2.24) is 9.55 Å². The Balaban J connectivity index is 2.58. The Labute approximate surface area is 127 Å². The fourth-order valence-electron chi connectivity index (χ4n) is 1.51. The second-order valence-corrected chi connectivity index (χ2v) is 5.14. The average Bonchev–Trinajstić information content (AvgIpc) is 2.77. The molecule has 0 bridgehead atoms. The summed E-state index contributed by atoms with van der Waals surface area (Å²) in [5.41, 5.74) is 6.40. The SMILES string of the molecule is COC(=O)c1ncn(-c2ccc(Br)c(Cl)c2Cl)c1N. The zero-order valence-electron chi connectivity index (χ0n) is 9.65. The summed E-state index contributed by atoms with van der Waals surface area (Å²) in [6.45, 7) is 0. The Morgan fingerprint density at radius 1 is 1.42 bits per heavy atom. The van der Waals surface area contributed by atoms with Gasteiger partial charge in [0.2, 0.25) is 0 Å². The number of hydrogen-bond donors (Lipinski definition) is 1. The minimum atomic E-state index is -0.615. The molecule has 0 spiro atoms. The number of benzene rings is 1. The van der Waals surface area contributed by atoms with E-state index in [-0.39, 0.29) is 11.5 Å². The maximum Gasteiger partial charge on any atom is 0.360 e. The Bertz CT molecular complexity index is 658. The summed E-state index contributed by atoms with van der Waals surface area (Å²) >= 11 is 15.4. The van der Waals surface area contributed by atoms with Crippen molar-refractivity contribution in [3.8, 4) is 5.69 Å². The van der Waals surface area contributed by atoms with Gasteiger partial charge in [0.25, 0.3) is 0 Å². The van der Waals surface area contributed by atoms with Crippen LogP contribution in [-0.2, 0) is 4.74 Å². The summed E-state index contributed by atoms with van der Waals surface area (Å²) in [5.74, 6) is -0.484. The van der Waals surface area contributed by atoms with Crippen LogP contribution in [0.1, 0.15) is 10.5 Å². The second kappa shape index (κ2) is 5.40. The number of carbonyl (C=O) groups excluding carboxylic acids is 1. The minimum Gasteiger partial charge on any atom is -0.464 e. The van der Waals surface area contributed by atoms with E-state index in [1.165, 1.54) is 18.0 Å². The molecule has 5 nitrogen and oxygen atoms in total. The van der Waals surface area contributed by atoms with Gasteiger partial charge in [-0.25, -0.2) is 9.78 Å². The maximum absolute atomic E-state index is 11.4. The number of nitrogens with two attached hydrogens (primary N) is 1. The van der Waals surface area contributed by atoms with Gasteiger partial charge in [-0.2, -0.15) is 0 Å². The van der Waals surface area contributed by atoms with Gasteiger partial charge in [0.1, 0.15) is 12.1 Å². The first-order valence-electron chi connectivity index (χ1n) is 5.02. The lowest BCUT2D eigenvalue weighted by molar-refractivity contribution is 0.0596. The molecule has 0 unspecified atom stereocenters. The van der Waals surface area contributed by atoms with Crippen LogP contribution < -0.4 is 5.73 Å². The molecule has 2 N–H and O–H groups in total. The number of rotatable bonds is 2. The first kappa shape index (κ1) is 14.2. The van der Waals surface area contributed by atoms with E-state index in [1.807, 2.05) is 0 Å². The van der Waals surface area contributed by atoms with Gasteiger partial charge < -0.3 is 10.5 Å². The third-order valence-corrected chi connectivity index (χ3v) is 4.22. The number of nitrogens with zero attached hydrogens (tertiary/aromatic N) is 2. The molecule has 2 aromatic rings. The van der Waals surface area contributed by atoms with Crippen LogP contribution in [-0.4, -0.2) is 22.6 Å². The normalized spacial score (nSPS) is 10.5. The maximum atomic E-state index is 11.4. The Kier molecular flexibility index (Phi) is 4.03. The molecule has 0 aliphatic rings. The van der Waals surface area contributed by atoms with Crippen LogP contribution in [0.2, 0.25) is 10.0 Å². The predicted octanol–water partition coefficient (Wildman–Crippen LogP) is 3.31. The molecule has 1 heterocycles. The molecular weight excluding hydrogens is 357 g/mol. The van der Waals surface area contributed by atoms with E-state index in [0.29, 0.717) is 20.2 Å². The number of nitrogen functional groups attached to an aromatic ring is 1. The van der Waals surface area contributed by atoms with Crippen molar-refractivity contribution in [1.29, 1.82) is 0 Å². The van der Waals surface area contributed by atoms with Crippen molar-refractivity contribution in [2.75, 3.05) is 12.8 Å². The van der Waals surface area contributed by atoms with Gasteiger partial charge in [-0.3, -0.25) is 4.57 Å². The van der Waals surface area contributed by atoms with Crippen molar-refractivity contribution in [2.24, 2.45) is 0 Å². The van der Waals surface area contributed by atoms with Crippen molar-refractivity contribution < 1.29 is 9.53 Å². The number of halogens is 3. The first-order valence-corrected chi connectivity index (χ1v) is 6.57. The van der Waals surface area contributed by atoms with Gasteiger partial charge in [0, 0.05) is 4.47 Å². The van der Waals surface area contributed by atoms with Crippen molar-refractivity contribution in [3.63, 3.8) is 0 Å². The highest BCUT2D eigenvalue weighted by molar-refractivity contribution is 9.10. The van der Waals surface area contributed by atoms with E-state index in [4.69, 9.17) is 28.9 Å². The third-order valence-electron chi connectivity index (χ3n) is 2.46. The lowest BCUT2D eigenvalue weighted by Gasteiger charge is -2.09. The lowest BCUT2D eigenvalue weighted by atomic mass is 10.3. The molecule has 1 aromatic carbocycles. The number of ether oxygens (including phenoxy) is 1. The zero-order valence-corrected chi connectivity index (χ0v) is 12.8. The standard InChI is InChI=1S/C11H8BrCl2N3O2/c1-19-11(18)9-10(15)17(4-16-9)6-3-2-5(12)7(13)8(6)14/h2-4H,15H2,1H3. The summed E-state index contributed by atoms with van der Waals surface area (Å²) in [4.78, 5) is 15.3. The third kappa shape index (κ3) is 2.43. The lowest BCUT2D eigenvalue weighted by Crippen LogP contribution is -2.07. The van der Waals surface area contributed by atoms with E-state index in [0.717, 1.165) is 0 Å². The molecule has 0 aliphatic carbocycles. The summed E-state index contributed by atoms with van der Waals surface area (Å²) in [6.07, 6.45) is 1.38. The molecule has 0 saturated carbocycles. The zero-order chi connectivity index (χ0) is 14.2. The average molecular weight is 365 g/mol. The van der Waals surface area contributed by atoms with Crippen LogP contribution in [0.5, 0.6) is 0 Å². The van der Waals surface area contributed by atoms with Crippen molar-refractivity contribution >= 4 is 50.9 Å². The quantitative estimate of drug-likeness (QED) is 0.655. The Hall–Kier alpha value is -1.24. The van der Waals surface area contributed by atoms with E-state index in [9.17, 15) is 4.79 Å². The molecule has 8 heteroatoms. The van der Waals surface area contributed by atoms with Crippen molar-refractivity contribution in [2.45, 2.75) is 0 Å². The molecule has 2 rings (SSSR count). The number of aromatic nitrogens is 2. The fraction of sp³-hybridized carbons (Fsp3) is 0.0909. The van der Waals surface area contributed by atoms with E-state index >= 15 is 0 Å². The highest BCUT2D eigenvalue weighted by atomic mass is 79.9. The molecule has 19 heavy (non-hydrogen) atoms. The molecule has 0 fully saturated rings. The fourth-order valence-corrected chi connectivity index (χ4v) is 2.37. The van der Waals surface area contributed by atoms with Gasteiger partial charge in [-0.05, 0) is 28.1 Å². The molecule has 100 valence electrons. The van der Waals surface area contributed by atoms with E-state index in [1.54, 1.807) is 12.1 Å². The summed E-state index contributed by atoms with van der Waals surface area (Å²) in [5, 5.41) is 0.656. The van der Waals surface area contributed by atoms with Crippen molar-refractivity contribution in [3.05, 3.63) is 38.7 Å². The van der Waals surface area contributed by atoms with E-state index < -0.39 is 5.97 Å². The highest BCUT2D eigenvalue weighted by Gasteiger charge is 2.19. The van der Waals surface area contributed by atoms with Crippen LogP contribution in [0.4, 0.5) is 5.82 Å². The summed E-state index contributed by atoms with van der Waals surface area (Å²) in [7, 11) is 1.25. The van der Waals surface area contributed by atoms with Crippen LogP contribution in [0.3, 0.4) is 0 Å².